The summed E-state index contributed by atoms with van der Waals surface area (Å²) in [7, 11) is 0. The van der Waals surface area contributed by atoms with Gasteiger partial charge in [-0.2, -0.15) is 0 Å². The fourth-order valence-electron chi connectivity index (χ4n) is 3.77. The number of amides is 2. The van der Waals surface area contributed by atoms with Gasteiger partial charge in [-0.3, -0.25) is 9.59 Å². The van der Waals surface area contributed by atoms with Crippen molar-refractivity contribution in [3.63, 3.8) is 0 Å². The molecule has 1 fully saturated rings. The Hall–Kier alpha value is -2.93. The summed E-state index contributed by atoms with van der Waals surface area (Å²) in [6.07, 6.45) is 2.27. The van der Waals surface area contributed by atoms with Gasteiger partial charge in [0.25, 0.3) is 0 Å². The van der Waals surface area contributed by atoms with Crippen molar-refractivity contribution in [2.45, 2.75) is 25.9 Å². The van der Waals surface area contributed by atoms with Crippen molar-refractivity contribution in [3.8, 4) is 0 Å². The number of aromatic nitrogens is 1. The molecule has 1 unspecified atom stereocenters. The number of ether oxygens (including phenoxy) is 1. The van der Waals surface area contributed by atoms with Crippen LogP contribution in [0, 0.1) is 0 Å². The van der Waals surface area contributed by atoms with Gasteiger partial charge < -0.3 is 19.9 Å². The zero-order valence-corrected chi connectivity index (χ0v) is 15.9. The smallest absolute Gasteiger partial charge is 0.248 e. The Bertz CT molecular complexity index is 862. The third kappa shape index (κ3) is 3.84. The number of fused-ring (bicyclic) bond motifs is 1. The van der Waals surface area contributed by atoms with Gasteiger partial charge in [0, 0.05) is 33.0 Å². The number of hydrogen-bond acceptors (Lipinski definition) is 5. The topological polar surface area (TPSA) is 74.8 Å². The van der Waals surface area contributed by atoms with E-state index < -0.39 is 6.04 Å². The van der Waals surface area contributed by atoms with E-state index in [0.29, 0.717) is 32.0 Å². The molecule has 1 aromatic carbocycles. The highest BCUT2D eigenvalue weighted by atomic mass is 16.5. The molecule has 0 radical (unpaired) electrons. The third-order valence-corrected chi connectivity index (χ3v) is 5.33. The number of hydrogen-bond donors (Lipinski definition) is 1. The maximum atomic E-state index is 12.9. The molecule has 1 atom stereocenters. The lowest BCUT2D eigenvalue weighted by atomic mass is 9.93. The molecule has 2 aromatic rings. The molecule has 0 spiro atoms. The van der Waals surface area contributed by atoms with Gasteiger partial charge in [0.05, 0.1) is 25.1 Å². The zero-order valence-electron chi connectivity index (χ0n) is 15.9. The van der Waals surface area contributed by atoms with E-state index in [4.69, 9.17) is 4.74 Å². The fraction of sp³-hybridized carbons (Fsp3) is 0.381. The molecule has 146 valence electrons. The van der Waals surface area contributed by atoms with E-state index in [1.165, 1.54) is 6.92 Å². The molecular formula is C21H24N4O3. The summed E-state index contributed by atoms with van der Waals surface area (Å²) < 4.78 is 5.37. The van der Waals surface area contributed by atoms with Crippen LogP contribution >= 0.6 is 0 Å². The maximum absolute atomic E-state index is 12.9. The predicted molar refractivity (Wildman–Crippen MR) is 106 cm³/mol. The number of rotatable bonds is 3. The average molecular weight is 380 g/mol. The van der Waals surface area contributed by atoms with Crippen LogP contribution < -0.4 is 10.2 Å². The summed E-state index contributed by atoms with van der Waals surface area (Å²) in [4.78, 5) is 33.2. The van der Waals surface area contributed by atoms with Gasteiger partial charge in [-0.15, -0.1) is 0 Å². The third-order valence-electron chi connectivity index (χ3n) is 5.33. The van der Waals surface area contributed by atoms with E-state index in [1.807, 2.05) is 30.3 Å². The Labute approximate surface area is 164 Å². The number of anilines is 2. The van der Waals surface area contributed by atoms with Crippen LogP contribution in [0.5, 0.6) is 0 Å². The van der Waals surface area contributed by atoms with Crippen LogP contribution in [0.3, 0.4) is 0 Å². The monoisotopic (exact) mass is 380 g/mol. The second-order valence-electron chi connectivity index (χ2n) is 7.13. The van der Waals surface area contributed by atoms with Gasteiger partial charge >= 0.3 is 0 Å². The first kappa shape index (κ1) is 18.4. The fourth-order valence-corrected chi connectivity index (χ4v) is 3.77. The van der Waals surface area contributed by atoms with Crippen molar-refractivity contribution in [3.05, 3.63) is 53.7 Å². The molecule has 0 aliphatic carbocycles. The Morgan fingerprint density at radius 1 is 1.11 bits per heavy atom. The van der Waals surface area contributed by atoms with Crippen LogP contribution in [0.25, 0.3) is 0 Å². The molecular weight excluding hydrogens is 356 g/mol. The summed E-state index contributed by atoms with van der Waals surface area (Å²) >= 11 is 0. The van der Waals surface area contributed by atoms with E-state index in [9.17, 15) is 9.59 Å². The van der Waals surface area contributed by atoms with E-state index in [-0.39, 0.29) is 11.8 Å². The van der Waals surface area contributed by atoms with E-state index >= 15 is 0 Å². The van der Waals surface area contributed by atoms with Crippen molar-refractivity contribution >= 4 is 23.3 Å². The van der Waals surface area contributed by atoms with Crippen molar-refractivity contribution in [1.29, 1.82) is 0 Å². The summed E-state index contributed by atoms with van der Waals surface area (Å²) in [5, 5.41) is 2.87. The number of pyridine rings is 1. The molecule has 28 heavy (non-hydrogen) atoms. The van der Waals surface area contributed by atoms with Gasteiger partial charge in [-0.1, -0.05) is 24.3 Å². The minimum Gasteiger partial charge on any atom is -0.378 e. The number of nitrogens with zero attached hydrogens (tertiary/aromatic N) is 3. The summed E-state index contributed by atoms with van der Waals surface area (Å²) in [6, 6.07) is 11.2. The average Bonchev–Trinajstić information content (AvgIpc) is 2.74. The molecule has 0 bridgehead atoms. The highest BCUT2D eigenvalue weighted by Gasteiger charge is 2.33. The number of carbonyl (C=O) groups is 2. The SMILES string of the molecule is CC(=O)N1Cc2ccccc2CC1C(=O)Nc1ccc(N2CCOCC2)cn1. The molecule has 7 heteroatoms. The van der Waals surface area contributed by atoms with Crippen LogP contribution in [-0.4, -0.2) is 54.0 Å². The molecule has 1 N–H and O–H groups in total. The van der Waals surface area contributed by atoms with Gasteiger partial charge in [-0.25, -0.2) is 4.98 Å². The second kappa shape index (κ2) is 7.98. The number of carbonyl (C=O) groups excluding carboxylic acids is 2. The van der Waals surface area contributed by atoms with Crippen LogP contribution in [0.1, 0.15) is 18.1 Å². The first-order valence-electron chi connectivity index (χ1n) is 9.55. The lowest BCUT2D eigenvalue weighted by Crippen LogP contribution is -2.50. The van der Waals surface area contributed by atoms with Gasteiger partial charge in [0.15, 0.2) is 0 Å². The van der Waals surface area contributed by atoms with Crippen molar-refractivity contribution in [2.75, 3.05) is 36.5 Å². The first-order valence-corrected chi connectivity index (χ1v) is 9.55. The number of benzene rings is 1. The quantitative estimate of drug-likeness (QED) is 0.879. The highest BCUT2D eigenvalue weighted by Crippen LogP contribution is 2.24. The molecule has 2 amide bonds. The van der Waals surface area contributed by atoms with Crippen LogP contribution in [0.2, 0.25) is 0 Å². The molecule has 3 heterocycles. The van der Waals surface area contributed by atoms with Gasteiger partial charge in [-0.05, 0) is 23.3 Å². The minimum atomic E-state index is -0.534. The lowest BCUT2D eigenvalue weighted by molar-refractivity contribution is -0.138. The second-order valence-corrected chi connectivity index (χ2v) is 7.13. The summed E-state index contributed by atoms with van der Waals surface area (Å²) in [5.74, 6) is 0.172. The summed E-state index contributed by atoms with van der Waals surface area (Å²) in [5.41, 5.74) is 3.21. The zero-order chi connectivity index (χ0) is 19.5. The van der Waals surface area contributed by atoms with E-state index in [2.05, 4.69) is 15.2 Å². The minimum absolute atomic E-state index is 0.106. The molecule has 1 saturated heterocycles. The summed E-state index contributed by atoms with van der Waals surface area (Å²) in [6.45, 7) is 5.05. The van der Waals surface area contributed by atoms with Crippen molar-refractivity contribution < 1.29 is 14.3 Å². The van der Waals surface area contributed by atoms with Crippen molar-refractivity contribution in [1.82, 2.24) is 9.88 Å². The predicted octanol–water partition coefficient (Wildman–Crippen LogP) is 1.83. The Balaban J connectivity index is 1.47. The van der Waals surface area contributed by atoms with Crippen LogP contribution in [0.4, 0.5) is 11.5 Å². The van der Waals surface area contributed by atoms with Crippen LogP contribution in [0.15, 0.2) is 42.6 Å². The first-order chi connectivity index (χ1) is 13.6. The molecule has 7 nitrogen and oxygen atoms in total. The lowest BCUT2D eigenvalue weighted by Gasteiger charge is -2.35. The van der Waals surface area contributed by atoms with Crippen molar-refractivity contribution in [2.24, 2.45) is 0 Å². The number of nitrogens with one attached hydrogen (secondary N) is 1. The maximum Gasteiger partial charge on any atom is 0.248 e. The van der Waals surface area contributed by atoms with E-state index in [1.54, 1.807) is 17.2 Å². The largest absolute Gasteiger partial charge is 0.378 e. The Morgan fingerprint density at radius 3 is 2.54 bits per heavy atom. The Morgan fingerprint density at radius 2 is 1.86 bits per heavy atom. The van der Waals surface area contributed by atoms with Gasteiger partial charge in [0.1, 0.15) is 11.9 Å². The Kier molecular flexibility index (Phi) is 5.25. The van der Waals surface area contributed by atoms with Gasteiger partial charge in [0.2, 0.25) is 11.8 Å². The molecule has 4 rings (SSSR count). The van der Waals surface area contributed by atoms with Crippen LogP contribution in [-0.2, 0) is 27.3 Å². The highest BCUT2D eigenvalue weighted by molar-refractivity contribution is 5.96. The standard InChI is InChI=1S/C21H24N4O3/c1-15(26)25-14-17-5-3-2-4-16(17)12-19(25)21(27)23-20-7-6-18(13-22-20)24-8-10-28-11-9-24/h2-7,13,19H,8-12,14H2,1H3,(H,22,23,27). The molecule has 1 aromatic heterocycles. The number of morpholine rings is 1. The van der Waals surface area contributed by atoms with E-state index in [0.717, 1.165) is 29.9 Å². The molecule has 2 aliphatic rings. The normalized spacial score (nSPS) is 19.1. The molecule has 0 saturated carbocycles. The molecule has 2 aliphatic heterocycles.